The number of hydrogen-bond donors (Lipinski definition) is 2. The second-order valence-corrected chi connectivity index (χ2v) is 10.4. The maximum absolute atomic E-state index is 11.2. The van der Waals surface area contributed by atoms with Gasteiger partial charge in [-0.3, -0.25) is 0 Å². The summed E-state index contributed by atoms with van der Waals surface area (Å²) in [4.78, 5) is 33.4. The van der Waals surface area contributed by atoms with Crippen molar-refractivity contribution in [1.82, 2.24) is 0 Å². The van der Waals surface area contributed by atoms with Crippen LogP contribution < -0.4 is 5.11 Å². The molecule has 0 aliphatic heterocycles. The first kappa shape index (κ1) is 34.1. The largest absolute Gasteiger partial charge is 0.544 e. The minimum Gasteiger partial charge on any atom is -0.544 e. The van der Waals surface area contributed by atoms with Crippen LogP contribution in [0.3, 0.4) is 0 Å². The van der Waals surface area contributed by atoms with Crippen LogP contribution in [-0.2, 0) is 14.4 Å². The zero-order chi connectivity index (χ0) is 26.9. The minimum absolute atomic E-state index is 0.214. The summed E-state index contributed by atoms with van der Waals surface area (Å²) in [5, 5.41) is 29.3. The zero-order valence-corrected chi connectivity index (χ0v) is 22.9. The number of carbonyl (C=O) groups excluding carboxylic acids is 1. The summed E-state index contributed by atoms with van der Waals surface area (Å²) in [6, 6.07) is 0. The Kier molecular flexibility index (Phi) is 22.3. The second-order valence-electron chi connectivity index (χ2n) is 10.4. The van der Waals surface area contributed by atoms with Crippen LogP contribution in [0, 0.1) is 0 Å². The van der Waals surface area contributed by atoms with E-state index in [-0.39, 0.29) is 6.54 Å². The van der Waals surface area contributed by atoms with Gasteiger partial charge in [-0.25, -0.2) is 9.59 Å². The number of hydrogen-bond acceptors (Lipinski definition) is 4. The predicted octanol–water partition coefficient (Wildman–Crippen LogP) is 5.71. The molecule has 7 nitrogen and oxygen atoms in total. The molecule has 0 bridgehead atoms. The van der Waals surface area contributed by atoms with Crippen molar-refractivity contribution in [2.45, 2.75) is 129 Å². The van der Waals surface area contributed by atoms with Gasteiger partial charge in [-0.1, -0.05) is 103 Å². The van der Waals surface area contributed by atoms with E-state index >= 15 is 0 Å². The molecule has 0 rings (SSSR count). The SMILES string of the molecule is CCCCCCCCCCCCCC/C=C/CCCCCCC[N+](CC(=O)[O-])(CC(=O)O)CC(=O)O. The Morgan fingerprint density at radius 2 is 0.944 bits per heavy atom. The van der Waals surface area contributed by atoms with Gasteiger partial charge in [-0.2, -0.15) is 0 Å². The fraction of sp³-hybridized carbons (Fsp3) is 0.828. The van der Waals surface area contributed by atoms with Gasteiger partial charge in [0.05, 0.1) is 12.5 Å². The van der Waals surface area contributed by atoms with Gasteiger partial charge in [0, 0.05) is 0 Å². The Balaban J connectivity index is 3.72. The molecule has 0 aromatic heterocycles. The van der Waals surface area contributed by atoms with Gasteiger partial charge in [-0.15, -0.1) is 0 Å². The summed E-state index contributed by atoms with van der Waals surface area (Å²) < 4.78 is -0.505. The Morgan fingerprint density at radius 3 is 1.31 bits per heavy atom. The standard InChI is InChI=1S/C29H53NO6/c1-2-3-4-5-6-7-8-9-10-11-12-13-14-15-16-17-18-19-20-21-22-23-30(24-27(31)32,25-28(33)34)26-29(35)36/h15-16H,2-14,17-26H2,1H3,(H2-,31,32,33,34,35,36)/b16-15+. The summed E-state index contributed by atoms with van der Waals surface area (Å²) >= 11 is 0. The monoisotopic (exact) mass is 511 g/mol. The van der Waals surface area contributed by atoms with E-state index in [2.05, 4.69) is 19.1 Å². The number of carboxylic acids is 3. The summed E-state index contributed by atoms with van der Waals surface area (Å²) in [6.45, 7) is 0.835. The van der Waals surface area contributed by atoms with E-state index in [9.17, 15) is 19.5 Å². The highest BCUT2D eigenvalue weighted by Crippen LogP contribution is 2.14. The second kappa shape index (κ2) is 23.5. The third kappa shape index (κ3) is 22.6. The van der Waals surface area contributed by atoms with E-state index in [4.69, 9.17) is 10.2 Å². The zero-order valence-electron chi connectivity index (χ0n) is 22.9. The maximum Gasteiger partial charge on any atom is 0.359 e. The number of nitrogens with zero attached hydrogens (tertiary/aromatic N) is 1. The average molecular weight is 512 g/mol. The first-order valence-corrected chi connectivity index (χ1v) is 14.4. The van der Waals surface area contributed by atoms with Crippen molar-refractivity contribution in [2.24, 2.45) is 0 Å². The highest BCUT2D eigenvalue weighted by Gasteiger charge is 2.33. The maximum atomic E-state index is 11.2. The molecule has 0 aliphatic carbocycles. The average Bonchev–Trinajstić information content (AvgIpc) is 2.78. The molecule has 0 radical (unpaired) electrons. The molecule has 0 spiro atoms. The first-order valence-electron chi connectivity index (χ1n) is 14.4. The normalized spacial score (nSPS) is 11.8. The third-order valence-corrected chi connectivity index (χ3v) is 6.80. The molecular weight excluding hydrogens is 458 g/mol. The van der Waals surface area contributed by atoms with E-state index < -0.39 is 42.0 Å². The molecule has 0 unspecified atom stereocenters. The van der Waals surface area contributed by atoms with Crippen LogP contribution in [0.1, 0.15) is 129 Å². The van der Waals surface area contributed by atoms with Crippen LogP contribution in [-0.4, -0.2) is 58.8 Å². The highest BCUT2D eigenvalue weighted by atomic mass is 16.4. The van der Waals surface area contributed by atoms with Crippen LogP contribution in [0.4, 0.5) is 0 Å². The molecule has 0 saturated heterocycles. The molecule has 0 atom stereocenters. The Labute approximate surface area is 219 Å². The molecule has 2 N–H and O–H groups in total. The van der Waals surface area contributed by atoms with Crippen LogP contribution >= 0.6 is 0 Å². The van der Waals surface area contributed by atoms with Crippen molar-refractivity contribution in [3.8, 4) is 0 Å². The van der Waals surface area contributed by atoms with Gasteiger partial charge in [-0.05, 0) is 38.5 Å². The molecular formula is C29H53NO6. The topological polar surface area (TPSA) is 115 Å². The molecule has 0 aromatic carbocycles. The molecule has 7 heteroatoms. The van der Waals surface area contributed by atoms with Gasteiger partial charge in [0.1, 0.15) is 6.54 Å². The van der Waals surface area contributed by atoms with Crippen molar-refractivity contribution in [2.75, 3.05) is 26.2 Å². The number of unbranched alkanes of at least 4 members (excludes halogenated alkanes) is 17. The highest BCUT2D eigenvalue weighted by molar-refractivity contribution is 5.72. The molecule has 0 heterocycles. The number of quaternary nitrogens is 1. The van der Waals surface area contributed by atoms with Crippen molar-refractivity contribution in [3.63, 3.8) is 0 Å². The Hall–Kier alpha value is -1.89. The number of allylic oxidation sites excluding steroid dienone is 2. The van der Waals surface area contributed by atoms with Crippen LogP contribution in [0.5, 0.6) is 0 Å². The Morgan fingerprint density at radius 1 is 0.583 bits per heavy atom. The molecule has 0 fully saturated rings. The predicted molar refractivity (Wildman–Crippen MR) is 143 cm³/mol. The number of aliphatic carboxylic acids is 3. The van der Waals surface area contributed by atoms with Gasteiger partial charge >= 0.3 is 11.9 Å². The summed E-state index contributed by atoms with van der Waals surface area (Å²) in [6.07, 6.45) is 27.8. The van der Waals surface area contributed by atoms with Crippen molar-refractivity contribution >= 4 is 17.9 Å². The summed E-state index contributed by atoms with van der Waals surface area (Å²) in [5.74, 6) is -3.83. The smallest absolute Gasteiger partial charge is 0.359 e. The summed E-state index contributed by atoms with van der Waals surface area (Å²) in [5.41, 5.74) is 0. The van der Waals surface area contributed by atoms with Crippen molar-refractivity contribution in [3.05, 3.63) is 12.2 Å². The van der Waals surface area contributed by atoms with Gasteiger partial charge < -0.3 is 24.6 Å². The quantitative estimate of drug-likeness (QED) is 0.0829. The lowest BCUT2D eigenvalue weighted by atomic mass is 10.0. The van der Waals surface area contributed by atoms with Gasteiger partial charge in [0.25, 0.3) is 0 Å². The number of rotatable bonds is 27. The van der Waals surface area contributed by atoms with E-state index in [1.807, 2.05) is 0 Å². The fourth-order valence-corrected chi connectivity index (χ4v) is 4.83. The minimum atomic E-state index is -1.42. The lowest BCUT2D eigenvalue weighted by Crippen LogP contribution is -2.59. The molecule has 36 heavy (non-hydrogen) atoms. The molecule has 210 valence electrons. The lowest BCUT2D eigenvalue weighted by molar-refractivity contribution is -0.909. The molecule has 0 saturated carbocycles. The van der Waals surface area contributed by atoms with Gasteiger partial charge in [0.2, 0.25) is 0 Å². The lowest BCUT2D eigenvalue weighted by Gasteiger charge is -2.36. The van der Waals surface area contributed by atoms with Crippen LogP contribution in [0.2, 0.25) is 0 Å². The third-order valence-electron chi connectivity index (χ3n) is 6.80. The van der Waals surface area contributed by atoms with Crippen molar-refractivity contribution < 1.29 is 34.2 Å². The fourth-order valence-electron chi connectivity index (χ4n) is 4.83. The van der Waals surface area contributed by atoms with E-state index in [1.54, 1.807) is 0 Å². The van der Waals surface area contributed by atoms with E-state index in [0.29, 0.717) is 6.42 Å². The molecule has 0 amide bonds. The number of carbonyl (C=O) groups is 3. The Bertz CT molecular complexity index is 564. The summed E-state index contributed by atoms with van der Waals surface area (Å²) in [7, 11) is 0. The van der Waals surface area contributed by atoms with E-state index in [1.165, 1.54) is 77.0 Å². The van der Waals surface area contributed by atoms with Gasteiger partial charge in [0.15, 0.2) is 13.1 Å². The van der Waals surface area contributed by atoms with E-state index in [0.717, 1.165) is 38.5 Å². The van der Waals surface area contributed by atoms with Crippen LogP contribution in [0.25, 0.3) is 0 Å². The first-order chi connectivity index (χ1) is 17.3. The molecule has 0 aromatic rings. The number of carboxylic acid groups (broad SMARTS) is 3. The molecule has 0 aliphatic rings. The van der Waals surface area contributed by atoms with Crippen LogP contribution in [0.15, 0.2) is 12.2 Å². The van der Waals surface area contributed by atoms with Crippen molar-refractivity contribution in [1.29, 1.82) is 0 Å².